The molecule has 12 heteroatoms. The van der Waals surface area contributed by atoms with Crippen LogP contribution in [-0.2, 0) is 0 Å². The number of unbranched alkanes of at least 4 members (excludes halogenated alkanes) is 4. The van der Waals surface area contributed by atoms with Gasteiger partial charge >= 0.3 is 0 Å². The second kappa shape index (κ2) is 14.4. The van der Waals surface area contributed by atoms with Crippen LogP contribution < -0.4 is 0 Å². The molecule has 0 aromatic rings. The summed E-state index contributed by atoms with van der Waals surface area (Å²) in [6.45, 7) is 0. The molecule has 0 amide bonds. The summed E-state index contributed by atoms with van der Waals surface area (Å²) in [4.78, 5) is 0. The first kappa shape index (κ1) is 36.2. The van der Waals surface area contributed by atoms with E-state index in [-0.39, 0.29) is 11.5 Å². The molecule has 3 aliphatic carbocycles. The molecule has 2 atom stereocenters. The van der Waals surface area contributed by atoms with Crippen molar-refractivity contribution in [3.8, 4) is 0 Å². The molecule has 39 heavy (non-hydrogen) atoms. The Kier molecular flexibility index (Phi) is 13.4. The Hall–Kier alpha value is 2.70. The Morgan fingerprint density at radius 3 is 1.95 bits per heavy atom. The van der Waals surface area contributed by atoms with Gasteiger partial charge < -0.3 is 0 Å². The van der Waals surface area contributed by atoms with E-state index in [1.54, 1.807) is 0 Å². The minimum absolute atomic E-state index is 0.102. The highest BCUT2D eigenvalue weighted by molar-refractivity contribution is 6.75. The summed E-state index contributed by atoms with van der Waals surface area (Å²) in [6, 6.07) is 0. The van der Waals surface area contributed by atoms with Crippen LogP contribution in [0.3, 0.4) is 0 Å². The molecule has 0 N–H and O–H groups in total. The van der Waals surface area contributed by atoms with E-state index in [0.717, 1.165) is 62.5 Å². The Morgan fingerprint density at radius 2 is 1.31 bits per heavy atom. The summed E-state index contributed by atoms with van der Waals surface area (Å²) in [7, 11) is 0. The van der Waals surface area contributed by atoms with E-state index in [9.17, 15) is 0 Å². The fourth-order valence-corrected chi connectivity index (χ4v) is 9.07. The van der Waals surface area contributed by atoms with Crippen molar-refractivity contribution < 1.29 is 0 Å². The Bertz CT molecular complexity index is 954. The van der Waals surface area contributed by atoms with Crippen molar-refractivity contribution in [1.82, 2.24) is 0 Å². The maximum Gasteiger partial charge on any atom is 0.191 e. The number of hydrogen-bond donors (Lipinski definition) is 0. The van der Waals surface area contributed by atoms with Crippen LogP contribution in [0.15, 0.2) is 33.9 Å². The number of allylic oxidation sites excluding steroid dienone is 6. The van der Waals surface area contributed by atoms with Crippen LogP contribution in [0.25, 0.3) is 0 Å². The summed E-state index contributed by atoms with van der Waals surface area (Å²) in [5, 5.41) is 0.102. The van der Waals surface area contributed by atoms with E-state index in [0.29, 0.717) is 31.1 Å². The Balaban J connectivity index is 1.75. The molecule has 0 radical (unpaired) electrons. The fraction of sp³-hybridized carbons (Fsp3) is 0.778. The molecule has 0 bridgehead atoms. The zero-order valence-electron chi connectivity index (χ0n) is 21.2. The molecule has 3 rings (SSSR count). The molecule has 2 unspecified atom stereocenters. The second-order valence-electron chi connectivity index (χ2n) is 10.9. The summed E-state index contributed by atoms with van der Waals surface area (Å²) in [5.74, 6) is 0.960. The lowest BCUT2D eigenvalue weighted by Crippen LogP contribution is -2.58. The van der Waals surface area contributed by atoms with Crippen molar-refractivity contribution in [2.75, 3.05) is 0 Å². The molecular weight excluding hydrogens is 750 g/mol. The third kappa shape index (κ3) is 8.50. The number of alkyl halides is 11. The quantitative estimate of drug-likeness (QED) is 0.145. The molecule has 0 nitrogen and oxygen atoms in total. The number of hydrogen-bond acceptors (Lipinski definition) is 0. The van der Waals surface area contributed by atoms with E-state index in [1.807, 2.05) is 0 Å². The number of fused-ring (bicyclic) bond motifs is 2. The van der Waals surface area contributed by atoms with Crippen LogP contribution in [0.4, 0.5) is 0 Å². The van der Waals surface area contributed by atoms with Gasteiger partial charge in [0.05, 0.1) is 5.03 Å². The van der Waals surface area contributed by atoms with Crippen LogP contribution in [0.1, 0.15) is 89.9 Å². The molecule has 1 saturated carbocycles. The van der Waals surface area contributed by atoms with Crippen molar-refractivity contribution in [3.05, 3.63) is 33.9 Å². The van der Waals surface area contributed by atoms with Gasteiger partial charge in [0.1, 0.15) is 0 Å². The molecule has 1 fully saturated rings. The van der Waals surface area contributed by atoms with Crippen LogP contribution in [0.5, 0.6) is 0 Å². The molecule has 0 saturated heterocycles. The standard InChI is InChI=1S/C27H32Cl12/c28-22(20-12-8-11-19-15-17-9-4-5-10-18(17)16-21(19)20)25(34,35)27(38,39)26(36,37)23(29,30)13-6-2-1-3-7-14-24(31,32)33/h10,16-17,19H,1-9,11-15H2. The van der Waals surface area contributed by atoms with E-state index < -0.39 is 21.1 Å². The first-order valence-corrected chi connectivity index (χ1v) is 17.8. The Labute approximate surface area is 293 Å². The van der Waals surface area contributed by atoms with Gasteiger partial charge in [-0.15, -0.1) is 0 Å². The van der Waals surface area contributed by atoms with Gasteiger partial charge in [-0.3, -0.25) is 0 Å². The molecule has 0 aromatic heterocycles. The van der Waals surface area contributed by atoms with Crippen LogP contribution in [0.2, 0.25) is 0 Å². The molecule has 0 spiro atoms. The van der Waals surface area contributed by atoms with Gasteiger partial charge in [0, 0.05) is 0 Å². The summed E-state index contributed by atoms with van der Waals surface area (Å²) in [5.41, 5.74) is 3.33. The van der Waals surface area contributed by atoms with Crippen LogP contribution in [-0.4, -0.2) is 21.1 Å². The minimum Gasteiger partial charge on any atom is -0.0982 e. The minimum atomic E-state index is -2.26. The van der Waals surface area contributed by atoms with Gasteiger partial charge in [-0.2, -0.15) is 0 Å². The molecule has 0 aromatic carbocycles. The van der Waals surface area contributed by atoms with Gasteiger partial charge in [-0.1, -0.05) is 177 Å². The highest BCUT2D eigenvalue weighted by Gasteiger charge is 2.69. The maximum atomic E-state index is 6.95. The van der Waals surface area contributed by atoms with Crippen LogP contribution in [0, 0.1) is 11.8 Å². The molecule has 0 aliphatic heterocycles. The first-order chi connectivity index (χ1) is 17.9. The Morgan fingerprint density at radius 1 is 0.718 bits per heavy atom. The number of halogens is 12. The smallest absolute Gasteiger partial charge is 0.0982 e. The molecule has 3 aliphatic rings. The van der Waals surface area contributed by atoms with Crippen molar-refractivity contribution in [2.24, 2.45) is 11.8 Å². The maximum absolute atomic E-state index is 6.95. The van der Waals surface area contributed by atoms with Gasteiger partial charge in [-0.05, 0) is 92.8 Å². The molecule has 0 heterocycles. The van der Waals surface area contributed by atoms with Gasteiger partial charge in [0.2, 0.25) is 0 Å². The lowest BCUT2D eigenvalue weighted by Gasteiger charge is -2.47. The largest absolute Gasteiger partial charge is 0.191 e. The monoisotopic (exact) mass is 776 g/mol. The molecular formula is C27H32Cl12. The zero-order chi connectivity index (χ0) is 29.3. The highest BCUT2D eigenvalue weighted by Crippen LogP contribution is 2.65. The lowest BCUT2D eigenvalue weighted by molar-refractivity contribution is 0.361. The van der Waals surface area contributed by atoms with Gasteiger partial charge in [0.15, 0.2) is 21.1 Å². The van der Waals surface area contributed by atoms with E-state index in [4.69, 9.17) is 139 Å². The zero-order valence-corrected chi connectivity index (χ0v) is 30.3. The topological polar surface area (TPSA) is 0 Å². The average Bonchev–Trinajstić information content (AvgIpc) is 2.85. The number of rotatable bonds is 11. The fourth-order valence-electron chi connectivity index (χ4n) is 5.79. The predicted molar refractivity (Wildman–Crippen MR) is 179 cm³/mol. The van der Waals surface area contributed by atoms with Gasteiger partial charge in [-0.25, -0.2) is 0 Å². The second-order valence-corrected chi connectivity index (χ2v) is 19.2. The van der Waals surface area contributed by atoms with Crippen molar-refractivity contribution >= 4 is 139 Å². The van der Waals surface area contributed by atoms with E-state index >= 15 is 0 Å². The van der Waals surface area contributed by atoms with E-state index in [1.165, 1.54) is 18.4 Å². The predicted octanol–water partition coefficient (Wildman–Crippen LogP) is 14.1. The SMILES string of the molecule is ClC(=C1CCCC2CC3CCCC=C3C=C12)C(Cl)(Cl)C(Cl)(Cl)C(Cl)(Cl)C(Cl)(Cl)CCCCCCCC(Cl)(Cl)Cl. The third-order valence-electron chi connectivity index (χ3n) is 8.01. The van der Waals surface area contributed by atoms with E-state index in [2.05, 4.69) is 12.2 Å². The highest BCUT2D eigenvalue weighted by atomic mass is 35.6. The van der Waals surface area contributed by atoms with Crippen molar-refractivity contribution in [1.29, 1.82) is 0 Å². The van der Waals surface area contributed by atoms with Crippen molar-refractivity contribution in [2.45, 2.75) is 111 Å². The normalized spacial score (nSPS) is 24.5. The third-order valence-corrected chi connectivity index (χ3v) is 14.7. The summed E-state index contributed by atoms with van der Waals surface area (Å²) >= 11 is 78.6. The van der Waals surface area contributed by atoms with Crippen LogP contribution >= 0.6 is 139 Å². The lowest BCUT2D eigenvalue weighted by atomic mass is 9.67. The van der Waals surface area contributed by atoms with Gasteiger partial charge in [0.25, 0.3) is 0 Å². The summed E-state index contributed by atoms with van der Waals surface area (Å²) < 4.78 is -9.57. The summed E-state index contributed by atoms with van der Waals surface area (Å²) in [6.07, 6.45) is 16.5. The average molecular weight is 782 g/mol. The van der Waals surface area contributed by atoms with Crippen molar-refractivity contribution in [3.63, 3.8) is 0 Å². The molecule has 224 valence electrons. The first-order valence-electron chi connectivity index (χ1n) is 13.3.